The molecule has 0 spiro atoms. The van der Waals surface area contributed by atoms with Crippen molar-refractivity contribution in [3.63, 3.8) is 0 Å². The molecule has 4 rings (SSSR count). The van der Waals surface area contributed by atoms with Crippen LogP contribution in [0.4, 0.5) is 0 Å². The van der Waals surface area contributed by atoms with Crippen molar-refractivity contribution < 1.29 is 139 Å². The molecule has 0 bridgehead atoms. The summed E-state index contributed by atoms with van der Waals surface area (Å²) in [5.74, 6) is 19.1. The van der Waals surface area contributed by atoms with Crippen molar-refractivity contribution in [2.75, 3.05) is 13.2 Å². The van der Waals surface area contributed by atoms with E-state index >= 15 is 0 Å². The smallest absolute Gasteiger partial charge is 0.416 e. The summed E-state index contributed by atoms with van der Waals surface area (Å²) < 4.78 is 134. The van der Waals surface area contributed by atoms with Gasteiger partial charge in [-0.3, -0.25) is 4.79 Å². The Hall–Kier alpha value is -3.16. The summed E-state index contributed by atoms with van der Waals surface area (Å²) in [6.45, 7) is -1.66. The van der Waals surface area contributed by atoms with Gasteiger partial charge >= 0.3 is 43.0 Å². The molecule has 4 aliphatic rings. The van der Waals surface area contributed by atoms with Gasteiger partial charge in [-0.1, -0.05) is 0 Å². The van der Waals surface area contributed by atoms with E-state index in [1.54, 1.807) is 4.72 Å². The largest absolute Gasteiger partial charge is 0.454 e. The molecule has 0 aliphatic carbocycles. The van der Waals surface area contributed by atoms with E-state index in [0.717, 1.165) is 6.92 Å². The number of amides is 1. The molecule has 0 aromatic heterocycles. The van der Waals surface area contributed by atoms with E-state index in [9.17, 15) is 75.4 Å². The van der Waals surface area contributed by atoms with Crippen LogP contribution in [0.5, 0.6) is 0 Å². The van der Waals surface area contributed by atoms with Gasteiger partial charge in [0.2, 0.25) is 18.0 Å². The van der Waals surface area contributed by atoms with Gasteiger partial charge in [-0.2, -0.15) is 72.3 Å². The first-order chi connectivity index (χ1) is 30.8. The number of hydrogen-bond donors (Lipinski definition) is 14. The lowest BCUT2D eigenvalue weighted by Crippen LogP contribution is -2.70. The maximum Gasteiger partial charge on any atom is 0.416 e. The minimum absolute atomic E-state index is 0.651. The highest BCUT2D eigenvalue weighted by molar-refractivity contribution is 7.84. The van der Waals surface area contributed by atoms with Crippen molar-refractivity contribution in [3.05, 3.63) is 11.8 Å². The summed E-state index contributed by atoms with van der Waals surface area (Å²) in [5.41, 5.74) is 0. The van der Waals surface area contributed by atoms with E-state index in [2.05, 4.69) is 32.0 Å². The second-order valence-corrected chi connectivity index (χ2v) is 17.4. The maximum absolute atomic E-state index is 13.1. The standard InChI is InChI=1S/C26H45N7O30S3/c1-5(35)32-10-13(38)16(54-25-12(37)6(36)2-7(52-25)21(41)58-27)9(4-50-65(46,47)62-30)53-24(10)56-19-14(39)15(40)26(57-20(19)23(43)59-28)55-17-8(3-34)51-22(42)11(33-64(44,45)61-29)18(17)60-66(48,49)63-31/h2,6,8-20,22,24-26,33-34,36-40,42H,3-4,27-31H2,1H3,(H,32,35). The Labute approximate surface area is 369 Å². The average molecular weight is 1030 g/mol. The fraction of sp³-hybridized carbons (Fsp3) is 0.808. The molecule has 66 heavy (non-hydrogen) atoms. The summed E-state index contributed by atoms with van der Waals surface area (Å²) in [5, 5.41) is 78.1. The van der Waals surface area contributed by atoms with E-state index in [1.807, 2.05) is 0 Å². The molecule has 0 radical (unpaired) electrons. The highest BCUT2D eigenvalue weighted by Gasteiger charge is 2.58. The van der Waals surface area contributed by atoms with Crippen molar-refractivity contribution in [1.82, 2.24) is 10.0 Å². The highest BCUT2D eigenvalue weighted by Crippen LogP contribution is 2.35. The van der Waals surface area contributed by atoms with E-state index in [1.165, 1.54) is 0 Å². The Kier molecular flexibility index (Phi) is 19.3. The van der Waals surface area contributed by atoms with Crippen molar-refractivity contribution >= 4 is 48.9 Å². The van der Waals surface area contributed by atoms with Crippen molar-refractivity contribution in [2.45, 2.75) is 117 Å². The van der Waals surface area contributed by atoms with Crippen LogP contribution < -0.4 is 39.5 Å². The van der Waals surface area contributed by atoms with Crippen LogP contribution >= 0.6 is 0 Å². The number of carbonyl (C=O) groups is 3. The molecule has 19 N–H and O–H groups in total. The third-order valence-corrected chi connectivity index (χ3v) is 11.6. The Balaban J connectivity index is 1.72. The number of hydrogen-bond acceptors (Lipinski definition) is 35. The first-order valence-electron chi connectivity index (χ1n) is 17.9. The summed E-state index contributed by atoms with van der Waals surface area (Å²) >= 11 is 0. The van der Waals surface area contributed by atoms with Crippen LogP contribution in [0.25, 0.3) is 0 Å². The first-order valence-corrected chi connectivity index (χ1v) is 21.9. The Bertz CT molecular complexity index is 2060. The van der Waals surface area contributed by atoms with Crippen LogP contribution in [0.15, 0.2) is 11.8 Å². The Morgan fingerprint density at radius 1 is 0.682 bits per heavy atom. The zero-order valence-electron chi connectivity index (χ0n) is 33.0. The molecule has 4 aliphatic heterocycles. The average Bonchev–Trinajstić information content (AvgIpc) is 3.27. The molecular formula is C26H45N7O30S3. The monoisotopic (exact) mass is 1030 g/mol. The van der Waals surface area contributed by atoms with Crippen molar-refractivity contribution in [2.24, 2.45) is 29.5 Å². The van der Waals surface area contributed by atoms with Gasteiger partial charge in [-0.15, -0.1) is 0 Å². The number of aliphatic hydroxyl groups is 7. The number of nitrogens with one attached hydrogen (secondary N) is 2. The molecule has 0 aromatic rings. The second kappa shape index (κ2) is 23.0. The van der Waals surface area contributed by atoms with Gasteiger partial charge in [0.05, 0.1) is 13.2 Å². The van der Waals surface area contributed by atoms with Crippen molar-refractivity contribution in [3.8, 4) is 0 Å². The summed E-state index contributed by atoms with van der Waals surface area (Å²) in [4.78, 5) is 45.9. The number of aliphatic hydroxyl groups excluding tert-OH is 7. The second-order valence-electron chi connectivity index (χ2n) is 13.6. The quantitative estimate of drug-likeness (QED) is 0.0504. The molecule has 1 amide bonds. The molecule has 0 aromatic carbocycles. The van der Waals surface area contributed by atoms with Gasteiger partial charge in [0, 0.05) is 6.92 Å². The lowest BCUT2D eigenvalue weighted by molar-refractivity contribution is -0.365. The minimum atomic E-state index is -5.39. The zero-order chi connectivity index (χ0) is 49.6. The minimum Gasteiger partial charge on any atom is -0.454 e. The number of carbonyl (C=O) groups excluding carboxylic acids is 3. The Morgan fingerprint density at radius 2 is 1.30 bits per heavy atom. The molecule has 18 atom stereocenters. The number of nitrogens with two attached hydrogens (primary N) is 5. The predicted molar refractivity (Wildman–Crippen MR) is 191 cm³/mol. The van der Waals surface area contributed by atoms with E-state index < -0.39 is 178 Å². The van der Waals surface area contributed by atoms with E-state index in [0.29, 0.717) is 6.08 Å². The predicted octanol–water partition coefficient (Wildman–Crippen LogP) is -12.6. The van der Waals surface area contributed by atoms with Crippen molar-refractivity contribution in [1.29, 1.82) is 0 Å². The molecule has 37 nitrogen and oxygen atoms in total. The molecule has 382 valence electrons. The maximum atomic E-state index is 13.1. The van der Waals surface area contributed by atoms with Gasteiger partial charge < -0.3 is 83.9 Å². The van der Waals surface area contributed by atoms with Gasteiger partial charge in [0.15, 0.2) is 25.0 Å². The fourth-order valence-corrected chi connectivity index (χ4v) is 8.03. The topological polar surface area (TPSA) is 579 Å². The molecule has 40 heteroatoms. The van der Waals surface area contributed by atoms with Crippen LogP contribution in [0.1, 0.15) is 6.92 Å². The van der Waals surface area contributed by atoms with Gasteiger partial charge in [-0.25, -0.2) is 18.0 Å². The number of rotatable bonds is 20. The van der Waals surface area contributed by atoms with E-state index in [-0.39, 0.29) is 0 Å². The SMILES string of the molecule is CC(=O)NC1C(OC2C(C(=O)ON)OC(OC3C(CO)OC(O)C(NS(=O)(=O)ON)C3OS(=O)(=O)ON)C(O)C2O)OC(COS(=O)(=O)ON)C(OC2OC(C(=O)ON)=CC(O)C2O)C1O. The van der Waals surface area contributed by atoms with Gasteiger partial charge in [0.1, 0.15) is 79.2 Å². The molecular weight excluding hydrogens is 987 g/mol. The molecule has 0 saturated carbocycles. The molecule has 4 heterocycles. The van der Waals surface area contributed by atoms with E-state index in [4.69, 9.17) is 66.8 Å². The fourth-order valence-electron chi connectivity index (χ4n) is 6.48. The number of ether oxygens (including phenoxy) is 7. The third kappa shape index (κ3) is 13.3. The third-order valence-electron chi connectivity index (χ3n) is 9.41. The van der Waals surface area contributed by atoms with Crippen LogP contribution in [0, 0.1) is 0 Å². The highest BCUT2D eigenvalue weighted by atomic mass is 32.3. The lowest BCUT2D eigenvalue weighted by Gasteiger charge is -2.49. The molecule has 18 unspecified atom stereocenters. The normalized spacial score (nSPS) is 37.8. The molecule has 3 fully saturated rings. The van der Waals surface area contributed by atoms with Crippen LogP contribution in [-0.4, -0.2) is 203 Å². The lowest BCUT2D eigenvalue weighted by atomic mass is 9.94. The van der Waals surface area contributed by atoms with Crippen LogP contribution in [-0.2, 0) is 110 Å². The van der Waals surface area contributed by atoms with Crippen LogP contribution in [0.3, 0.4) is 0 Å². The Morgan fingerprint density at radius 3 is 1.86 bits per heavy atom. The molecule has 3 saturated heterocycles. The summed E-state index contributed by atoms with van der Waals surface area (Å²) in [6, 6.07) is -4.36. The van der Waals surface area contributed by atoms with Gasteiger partial charge in [0.25, 0.3) is 0 Å². The summed E-state index contributed by atoms with van der Waals surface area (Å²) in [6.07, 6.45) is -35.9. The van der Waals surface area contributed by atoms with Gasteiger partial charge in [-0.05, 0) is 6.08 Å². The zero-order valence-corrected chi connectivity index (χ0v) is 35.5. The van der Waals surface area contributed by atoms with Crippen LogP contribution in [0.2, 0.25) is 0 Å². The first kappa shape index (κ1) is 55.4. The summed E-state index contributed by atoms with van der Waals surface area (Å²) in [7, 11) is -15.6.